The van der Waals surface area contributed by atoms with E-state index in [-0.39, 0.29) is 11.9 Å². The van der Waals surface area contributed by atoms with Crippen molar-refractivity contribution in [1.82, 2.24) is 20.1 Å². The molecule has 2 heterocycles. The molecule has 0 saturated carbocycles. The number of amides is 1. The van der Waals surface area contributed by atoms with E-state index in [9.17, 15) is 4.79 Å². The summed E-state index contributed by atoms with van der Waals surface area (Å²) in [6, 6.07) is 1.63. The zero-order valence-electron chi connectivity index (χ0n) is 11.6. The summed E-state index contributed by atoms with van der Waals surface area (Å²) in [6.07, 6.45) is 1.64. The minimum atomic E-state index is -0.114. The van der Waals surface area contributed by atoms with Gasteiger partial charge in [-0.25, -0.2) is 4.98 Å². The smallest absolute Gasteiger partial charge is 0.270 e. The molecular weight excluding hydrogens is 260 g/mol. The Labute approximate surface area is 116 Å². The summed E-state index contributed by atoms with van der Waals surface area (Å²) in [7, 11) is 0. The van der Waals surface area contributed by atoms with Crippen LogP contribution in [0.1, 0.15) is 46.0 Å². The number of nitrogens with one attached hydrogen (secondary N) is 1. The Bertz CT molecular complexity index is 587. The maximum atomic E-state index is 12.2. The molecule has 1 atom stereocenters. The molecular formula is C13H18N4OS. The summed E-state index contributed by atoms with van der Waals surface area (Å²) in [4.78, 5) is 17.8. The van der Waals surface area contributed by atoms with Crippen LogP contribution in [0.3, 0.4) is 0 Å². The molecule has 2 aromatic heterocycles. The Morgan fingerprint density at radius 2 is 2.26 bits per heavy atom. The molecule has 0 radical (unpaired) electrons. The molecule has 0 aliphatic heterocycles. The molecule has 1 amide bonds. The van der Waals surface area contributed by atoms with Crippen LogP contribution >= 0.6 is 11.3 Å². The Morgan fingerprint density at radius 3 is 2.84 bits per heavy atom. The topological polar surface area (TPSA) is 59.8 Å². The summed E-state index contributed by atoms with van der Waals surface area (Å²) in [5.74, 6) is -0.114. The highest BCUT2D eigenvalue weighted by molar-refractivity contribution is 7.11. The molecule has 0 bridgehead atoms. The van der Waals surface area contributed by atoms with Crippen LogP contribution in [0.5, 0.6) is 0 Å². The molecule has 0 spiro atoms. The third kappa shape index (κ3) is 2.84. The van der Waals surface area contributed by atoms with Crippen molar-refractivity contribution in [3.05, 3.63) is 33.5 Å². The van der Waals surface area contributed by atoms with Crippen LogP contribution in [0.4, 0.5) is 0 Å². The van der Waals surface area contributed by atoms with E-state index in [4.69, 9.17) is 0 Å². The van der Waals surface area contributed by atoms with Gasteiger partial charge in [-0.15, -0.1) is 11.3 Å². The highest BCUT2D eigenvalue weighted by Gasteiger charge is 2.18. The van der Waals surface area contributed by atoms with E-state index in [1.165, 1.54) is 0 Å². The summed E-state index contributed by atoms with van der Waals surface area (Å²) in [5.41, 5.74) is 1.53. The number of aryl methyl sites for hydroxylation is 3. The van der Waals surface area contributed by atoms with Crippen LogP contribution < -0.4 is 5.32 Å². The van der Waals surface area contributed by atoms with Gasteiger partial charge in [0.25, 0.3) is 5.91 Å². The van der Waals surface area contributed by atoms with Crippen LogP contribution in [0.2, 0.25) is 0 Å². The van der Waals surface area contributed by atoms with Crippen LogP contribution in [-0.4, -0.2) is 20.7 Å². The van der Waals surface area contributed by atoms with E-state index in [2.05, 4.69) is 15.4 Å². The maximum absolute atomic E-state index is 12.2. The predicted molar refractivity (Wildman–Crippen MR) is 75.4 cm³/mol. The summed E-state index contributed by atoms with van der Waals surface area (Å²) in [5, 5.41) is 8.09. The maximum Gasteiger partial charge on any atom is 0.270 e. The zero-order chi connectivity index (χ0) is 14.0. The number of nitrogens with zero attached hydrogens (tertiary/aromatic N) is 3. The highest BCUT2D eigenvalue weighted by atomic mass is 32.1. The number of hydrogen-bond acceptors (Lipinski definition) is 4. The standard InChI is InChI=1S/C13H18N4OS/c1-5-17-11(6-7-14-17)13(18)15-8(2)12-9(3)19-10(4)16-12/h6-8H,5H2,1-4H3,(H,15,18). The van der Waals surface area contributed by atoms with Crippen molar-refractivity contribution in [3.63, 3.8) is 0 Å². The minimum Gasteiger partial charge on any atom is -0.343 e. The van der Waals surface area contributed by atoms with Crippen molar-refractivity contribution in [2.24, 2.45) is 0 Å². The van der Waals surface area contributed by atoms with Gasteiger partial charge in [-0.3, -0.25) is 9.48 Å². The van der Waals surface area contributed by atoms with Gasteiger partial charge in [0.05, 0.1) is 16.7 Å². The van der Waals surface area contributed by atoms with Crippen LogP contribution in [0, 0.1) is 13.8 Å². The minimum absolute atomic E-state index is 0.0994. The first-order valence-electron chi connectivity index (χ1n) is 6.29. The van der Waals surface area contributed by atoms with Crippen molar-refractivity contribution in [1.29, 1.82) is 0 Å². The molecule has 0 aliphatic carbocycles. The number of aromatic nitrogens is 3. The summed E-state index contributed by atoms with van der Waals surface area (Å²) < 4.78 is 1.68. The summed E-state index contributed by atoms with van der Waals surface area (Å²) in [6.45, 7) is 8.59. The van der Waals surface area contributed by atoms with Gasteiger partial charge in [0, 0.05) is 17.6 Å². The lowest BCUT2D eigenvalue weighted by molar-refractivity contribution is 0.0928. The lowest BCUT2D eigenvalue weighted by Crippen LogP contribution is -2.29. The van der Waals surface area contributed by atoms with Crippen molar-refractivity contribution >= 4 is 17.2 Å². The molecule has 0 aliphatic rings. The average Bonchev–Trinajstić information content (AvgIpc) is 2.95. The lowest BCUT2D eigenvalue weighted by Gasteiger charge is -2.13. The van der Waals surface area contributed by atoms with Crippen molar-refractivity contribution in [2.75, 3.05) is 0 Å². The molecule has 2 aromatic rings. The Balaban J connectivity index is 2.13. The van der Waals surface area contributed by atoms with Gasteiger partial charge in [-0.1, -0.05) is 0 Å². The van der Waals surface area contributed by atoms with Gasteiger partial charge in [-0.05, 0) is 33.8 Å². The lowest BCUT2D eigenvalue weighted by atomic mass is 10.2. The fourth-order valence-electron chi connectivity index (χ4n) is 2.06. The average molecular weight is 278 g/mol. The molecule has 5 nitrogen and oxygen atoms in total. The highest BCUT2D eigenvalue weighted by Crippen LogP contribution is 2.22. The Morgan fingerprint density at radius 1 is 1.53 bits per heavy atom. The number of carbonyl (C=O) groups excluding carboxylic acids is 1. The van der Waals surface area contributed by atoms with E-state index >= 15 is 0 Å². The molecule has 2 rings (SSSR count). The third-order valence-corrected chi connectivity index (χ3v) is 3.85. The van der Waals surface area contributed by atoms with E-state index in [0.29, 0.717) is 12.2 Å². The van der Waals surface area contributed by atoms with E-state index in [1.54, 1.807) is 28.3 Å². The molecule has 1 unspecified atom stereocenters. The molecule has 102 valence electrons. The van der Waals surface area contributed by atoms with E-state index in [1.807, 2.05) is 27.7 Å². The van der Waals surface area contributed by atoms with Crippen LogP contribution in [0.25, 0.3) is 0 Å². The molecule has 0 saturated heterocycles. The van der Waals surface area contributed by atoms with Gasteiger partial charge >= 0.3 is 0 Å². The first-order chi connectivity index (χ1) is 9.02. The fourth-order valence-corrected chi connectivity index (χ4v) is 2.98. The van der Waals surface area contributed by atoms with Crippen molar-refractivity contribution in [2.45, 2.75) is 40.3 Å². The van der Waals surface area contributed by atoms with Crippen LogP contribution in [-0.2, 0) is 6.54 Å². The Hall–Kier alpha value is -1.69. The van der Waals surface area contributed by atoms with Gasteiger partial charge in [0.15, 0.2) is 0 Å². The number of hydrogen-bond donors (Lipinski definition) is 1. The quantitative estimate of drug-likeness (QED) is 0.934. The van der Waals surface area contributed by atoms with Gasteiger partial charge in [0.1, 0.15) is 5.69 Å². The number of rotatable bonds is 4. The molecule has 1 N–H and O–H groups in total. The first kappa shape index (κ1) is 13.7. The Kier molecular flexibility index (Phi) is 3.99. The normalized spacial score (nSPS) is 12.4. The second-order valence-corrected chi connectivity index (χ2v) is 5.81. The van der Waals surface area contributed by atoms with Crippen molar-refractivity contribution in [3.8, 4) is 0 Å². The van der Waals surface area contributed by atoms with Gasteiger partial charge < -0.3 is 5.32 Å². The molecule has 19 heavy (non-hydrogen) atoms. The van der Waals surface area contributed by atoms with Gasteiger partial charge in [-0.2, -0.15) is 5.10 Å². The summed E-state index contributed by atoms with van der Waals surface area (Å²) >= 11 is 1.65. The first-order valence-corrected chi connectivity index (χ1v) is 7.11. The zero-order valence-corrected chi connectivity index (χ0v) is 12.4. The largest absolute Gasteiger partial charge is 0.343 e. The van der Waals surface area contributed by atoms with Gasteiger partial charge in [0.2, 0.25) is 0 Å². The predicted octanol–water partition coefficient (Wildman–Crippen LogP) is 2.47. The monoisotopic (exact) mass is 278 g/mol. The molecule has 0 fully saturated rings. The second kappa shape index (κ2) is 5.52. The SMILES string of the molecule is CCn1nccc1C(=O)NC(C)c1nc(C)sc1C. The molecule has 6 heteroatoms. The number of carbonyl (C=O) groups is 1. The fraction of sp³-hybridized carbons (Fsp3) is 0.462. The third-order valence-electron chi connectivity index (χ3n) is 2.95. The van der Waals surface area contributed by atoms with E-state index < -0.39 is 0 Å². The number of thiazole rings is 1. The molecule has 0 aromatic carbocycles. The second-order valence-electron chi connectivity index (χ2n) is 4.40. The van der Waals surface area contributed by atoms with E-state index in [0.717, 1.165) is 15.6 Å². The van der Waals surface area contributed by atoms with Crippen LogP contribution in [0.15, 0.2) is 12.3 Å². The van der Waals surface area contributed by atoms with Crippen molar-refractivity contribution < 1.29 is 4.79 Å².